The highest BCUT2D eigenvalue weighted by molar-refractivity contribution is 7.89. The summed E-state index contributed by atoms with van der Waals surface area (Å²) in [5.74, 6) is 0.451. The summed E-state index contributed by atoms with van der Waals surface area (Å²) in [5, 5.41) is 8.84. The van der Waals surface area contributed by atoms with Gasteiger partial charge in [-0.2, -0.15) is 9.29 Å². The number of alkyl carbamates (subject to hydrolysis) is 1. The Balaban J connectivity index is 1.47. The fraction of sp³-hybridized carbons (Fsp3) is 0.471. The molecular formula is C34H46FN7O6S. The first-order valence-corrected chi connectivity index (χ1v) is 17.5. The lowest BCUT2D eigenvalue weighted by atomic mass is 10.1. The van der Waals surface area contributed by atoms with Gasteiger partial charge in [-0.3, -0.25) is 0 Å². The van der Waals surface area contributed by atoms with Crippen LogP contribution in [0.4, 0.5) is 37.1 Å². The second-order valence-corrected chi connectivity index (χ2v) is 15.6. The van der Waals surface area contributed by atoms with Gasteiger partial charge in [0.05, 0.1) is 4.90 Å². The van der Waals surface area contributed by atoms with E-state index in [1.807, 2.05) is 0 Å². The number of nitrogens with one attached hydrogen (secondary N) is 3. The number of carbonyl (C=O) groups is 2. The van der Waals surface area contributed by atoms with Gasteiger partial charge in [-0.1, -0.05) is 0 Å². The molecule has 1 fully saturated rings. The second-order valence-electron chi connectivity index (χ2n) is 13.7. The number of halogens is 1. The van der Waals surface area contributed by atoms with E-state index < -0.39 is 39.5 Å². The van der Waals surface area contributed by atoms with Crippen molar-refractivity contribution in [1.82, 2.24) is 24.5 Å². The van der Waals surface area contributed by atoms with Crippen LogP contribution in [0.3, 0.4) is 0 Å². The molecule has 266 valence electrons. The van der Waals surface area contributed by atoms with Crippen LogP contribution >= 0.6 is 0 Å². The van der Waals surface area contributed by atoms with Crippen LogP contribution in [0.1, 0.15) is 59.9 Å². The summed E-state index contributed by atoms with van der Waals surface area (Å²) in [6.07, 6.45) is 1.26. The zero-order valence-electron chi connectivity index (χ0n) is 29.0. The van der Waals surface area contributed by atoms with E-state index in [0.29, 0.717) is 48.7 Å². The smallest absolute Gasteiger partial charge is 0.410 e. The van der Waals surface area contributed by atoms with E-state index in [0.717, 1.165) is 0 Å². The fourth-order valence-electron chi connectivity index (χ4n) is 5.08. The summed E-state index contributed by atoms with van der Waals surface area (Å²) >= 11 is 0. The SMILES string of the molecule is Cc1cc(Nc2ccnc(Nc3ccc(S(=O)(=O)N(CCNC(=O)OC(C)(C)C)C4CCN(C(=O)OC(C)(C)C)CC4)cc3)n2)ccc1F. The number of hydrogen-bond acceptors (Lipinski definition) is 10. The molecule has 0 aliphatic carbocycles. The van der Waals surface area contributed by atoms with Crippen LogP contribution in [-0.2, 0) is 19.5 Å². The molecule has 0 atom stereocenters. The molecule has 3 N–H and O–H groups in total. The number of hydrogen-bond donors (Lipinski definition) is 3. The van der Waals surface area contributed by atoms with Crippen molar-refractivity contribution in [3.63, 3.8) is 0 Å². The Hall–Kier alpha value is -4.50. The maximum absolute atomic E-state index is 14.1. The molecule has 2 heterocycles. The molecule has 1 saturated heterocycles. The molecule has 0 radical (unpaired) electrons. The molecule has 3 aromatic rings. The minimum atomic E-state index is -4.03. The van der Waals surface area contributed by atoms with Crippen molar-refractivity contribution in [2.45, 2.75) is 83.4 Å². The summed E-state index contributed by atoms with van der Waals surface area (Å²) in [6.45, 7) is 13.0. The molecule has 0 spiro atoms. The van der Waals surface area contributed by atoms with Crippen molar-refractivity contribution in [3.05, 3.63) is 66.1 Å². The number of rotatable bonds is 10. The third kappa shape index (κ3) is 11.0. The number of nitrogens with zero attached hydrogens (tertiary/aromatic N) is 4. The highest BCUT2D eigenvalue weighted by Gasteiger charge is 2.36. The second kappa shape index (κ2) is 15.4. The van der Waals surface area contributed by atoms with Crippen molar-refractivity contribution >= 4 is 45.4 Å². The van der Waals surface area contributed by atoms with Crippen LogP contribution in [0.25, 0.3) is 0 Å². The number of aryl methyl sites for hydroxylation is 1. The monoisotopic (exact) mass is 699 g/mol. The fourth-order valence-corrected chi connectivity index (χ4v) is 6.76. The van der Waals surface area contributed by atoms with E-state index in [9.17, 15) is 22.4 Å². The summed E-state index contributed by atoms with van der Waals surface area (Å²) in [7, 11) is -4.03. The molecular weight excluding hydrogens is 653 g/mol. The van der Waals surface area contributed by atoms with Gasteiger partial charge in [-0.05, 0) is 115 Å². The number of ether oxygens (including phenoxy) is 2. The van der Waals surface area contributed by atoms with E-state index in [4.69, 9.17) is 9.47 Å². The van der Waals surface area contributed by atoms with Crippen molar-refractivity contribution < 1.29 is 31.9 Å². The number of aromatic nitrogens is 2. The molecule has 4 rings (SSSR count). The Morgan fingerprint density at radius 2 is 1.57 bits per heavy atom. The van der Waals surface area contributed by atoms with Gasteiger partial charge in [-0.15, -0.1) is 0 Å². The third-order valence-electron chi connectivity index (χ3n) is 7.33. The van der Waals surface area contributed by atoms with Gasteiger partial charge in [0.1, 0.15) is 22.8 Å². The summed E-state index contributed by atoms with van der Waals surface area (Å²) in [5.41, 5.74) is 0.366. The molecule has 15 heteroatoms. The number of sulfonamides is 1. The third-order valence-corrected chi connectivity index (χ3v) is 9.29. The average molecular weight is 700 g/mol. The largest absolute Gasteiger partial charge is 0.444 e. The van der Waals surface area contributed by atoms with Crippen LogP contribution in [0, 0.1) is 12.7 Å². The number of amides is 2. The Labute approximate surface area is 287 Å². The number of piperidine rings is 1. The standard InChI is InChI=1S/C34H46FN7O6S/c1-23-22-25(10-13-28(23)35)38-29-14-17-36-30(40-29)39-24-8-11-27(12-9-24)49(45,46)42(21-18-37-31(43)47-33(2,3)4)26-15-19-41(20-16-26)32(44)48-34(5,6)7/h8-14,17,22,26H,15-16,18-21H2,1-7H3,(H,37,43)(H2,36,38,39,40). The lowest BCUT2D eigenvalue weighted by Gasteiger charge is -2.38. The van der Waals surface area contributed by atoms with Crippen molar-refractivity contribution in [3.8, 4) is 0 Å². The molecule has 49 heavy (non-hydrogen) atoms. The predicted octanol–water partition coefficient (Wildman–Crippen LogP) is 6.33. The molecule has 13 nitrogen and oxygen atoms in total. The topological polar surface area (TPSA) is 155 Å². The molecule has 0 bridgehead atoms. The molecule has 1 aliphatic rings. The van der Waals surface area contributed by atoms with Gasteiger partial charge in [0, 0.05) is 49.8 Å². The zero-order valence-corrected chi connectivity index (χ0v) is 29.9. The van der Waals surface area contributed by atoms with E-state index in [1.54, 1.807) is 89.9 Å². The van der Waals surface area contributed by atoms with E-state index in [1.165, 1.54) is 22.5 Å². The Kier molecular flexibility index (Phi) is 11.7. The van der Waals surface area contributed by atoms with Gasteiger partial charge in [0.2, 0.25) is 16.0 Å². The zero-order chi connectivity index (χ0) is 36.0. The maximum atomic E-state index is 14.1. The highest BCUT2D eigenvalue weighted by atomic mass is 32.2. The normalized spacial score (nSPS) is 14.3. The highest BCUT2D eigenvalue weighted by Crippen LogP contribution is 2.27. The van der Waals surface area contributed by atoms with Crippen LogP contribution < -0.4 is 16.0 Å². The number of anilines is 4. The molecule has 2 amide bonds. The van der Waals surface area contributed by atoms with Gasteiger partial charge in [-0.25, -0.2) is 27.4 Å². The summed E-state index contributed by atoms with van der Waals surface area (Å²) < 4.78 is 54.0. The van der Waals surface area contributed by atoms with E-state index in [2.05, 4.69) is 25.9 Å². The molecule has 1 aromatic heterocycles. The van der Waals surface area contributed by atoms with Gasteiger partial charge in [0.15, 0.2) is 0 Å². The maximum Gasteiger partial charge on any atom is 0.410 e. The van der Waals surface area contributed by atoms with Gasteiger partial charge in [0.25, 0.3) is 0 Å². The Morgan fingerprint density at radius 1 is 0.939 bits per heavy atom. The number of carbonyl (C=O) groups excluding carboxylic acids is 2. The van der Waals surface area contributed by atoms with Gasteiger partial charge >= 0.3 is 12.2 Å². The predicted molar refractivity (Wildman–Crippen MR) is 185 cm³/mol. The molecule has 0 saturated carbocycles. The Bertz CT molecular complexity index is 1720. The van der Waals surface area contributed by atoms with Crippen molar-refractivity contribution in [1.29, 1.82) is 0 Å². The van der Waals surface area contributed by atoms with E-state index in [-0.39, 0.29) is 29.8 Å². The quantitative estimate of drug-likeness (QED) is 0.219. The molecule has 0 unspecified atom stereocenters. The number of likely N-dealkylation sites (tertiary alicyclic amines) is 1. The van der Waals surface area contributed by atoms with Crippen molar-refractivity contribution in [2.24, 2.45) is 0 Å². The molecule has 2 aromatic carbocycles. The summed E-state index contributed by atoms with van der Waals surface area (Å²) in [6, 6.07) is 12.1. The average Bonchev–Trinajstić information content (AvgIpc) is 3.00. The first kappa shape index (κ1) is 37.3. The van der Waals surface area contributed by atoms with E-state index >= 15 is 0 Å². The van der Waals surface area contributed by atoms with Crippen LogP contribution in [0.2, 0.25) is 0 Å². The lowest BCUT2D eigenvalue weighted by Crippen LogP contribution is -2.51. The van der Waals surface area contributed by atoms with Crippen molar-refractivity contribution in [2.75, 3.05) is 36.8 Å². The van der Waals surface area contributed by atoms with Crippen LogP contribution in [-0.4, -0.2) is 83.2 Å². The number of benzene rings is 2. The van der Waals surface area contributed by atoms with Gasteiger partial charge < -0.3 is 30.3 Å². The molecule has 1 aliphatic heterocycles. The lowest BCUT2D eigenvalue weighted by molar-refractivity contribution is 0.0176. The minimum Gasteiger partial charge on any atom is -0.444 e. The first-order valence-electron chi connectivity index (χ1n) is 16.1. The first-order chi connectivity index (χ1) is 22.9. The van der Waals surface area contributed by atoms with Crippen LogP contribution in [0.15, 0.2) is 59.6 Å². The Morgan fingerprint density at radius 3 is 2.18 bits per heavy atom. The van der Waals surface area contributed by atoms with Crippen LogP contribution in [0.5, 0.6) is 0 Å². The minimum absolute atomic E-state index is 0.000105. The summed E-state index contributed by atoms with van der Waals surface area (Å²) in [4.78, 5) is 35.3.